The number of pyridine rings is 1. The molecule has 0 aliphatic heterocycles. The first-order chi connectivity index (χ1) is 7.27. The third-order valence-electron chi connectivity index (χ3n) is 1.44. The second-order valence-corrected chi connectivity index (χ2v) is 2.45. The third kappa shape index (κ3) is 3.26. The normalized spacial score (nSPS) is 9.13. The molecule has 0 aromatic carbocycles. The number of carbonyl (C=O) groups is 1. The van der Waals surface area contributed by atoms with Crippen LogP contribution in [0.5, 0.6) is 0 Å². The molecule has 0 aliphatic carbocycles. The summed E-state index contributed by atoms with van der Waals surface area (Å²) in [5.74, 6) is -0.628. The Bertz CT molecular complexity index is 383. The maximum Gasteiger partial charge on any atom is 0.356 e. The van der Waals surface area contributed by atoms with Crippen molar-refractivity contribution in [2.45, 2.75) is 0 Å². The number of esters is 1. The Kier molecular flexibility index (Phi) is 4.08. The fourth-order valence-corrected chi connectivity index (χ4v) is 0.830. The molecule has 0 saturated carbocycles. The standard InChI is InChI=1S/C8H8N4O3/c9-12-11-6-1-2-7(10-5-6)8(14)15-4-3-13/h1-2,5,13H,3-4H2. The van der Waals surface area contributed by atoms with Gasteiger partial charge in [-0.1, -0.05) is 5.11 Å². The largest absolute Gasteiger partial charge is 0.459 e. The van der Waals surface area contributed by atoms with E-state index in [0.717, 1.165) is 0 Å². The van der Waals surface area contributed by atoms with Crippen LogP contribution in [0.2, 0.25) is 0 Å². The zero-order valence-electron chi connectivity index (χ0n) is 7.70. The molecule has 0 unspecified atom stereocenters. The highest BCUT2D eigenvalue weighted by molar-refractivity contribution is 5.87. The number of ether oxygens (including phenoxy) is 1. The maximum absolute atomic E-state index is 11.2. The van der Waals surface area contributed by atoms with Crippen molar-refractivity contribution in [1.29, 1.82) is 0 Å². The van der Waals surface area contributed by atoms with E-state index in [1.54, 1.807) is 0 Å². The van der Waals surface area contributed by atoms with Crippen molar-refractivity contribution < 1.29 is 14.6 Å². The summed E-state index contributed by atoms with van der Waals surface area (Å²) in [5.41, 5.74) is 8.54. The molecule has 1 rings (SSSR count). The van der Waals surface area contributed by atoms with Crippen LogP contribution in [-0.4, -0.2) is 29.3 Å². The SMILES string of the molecule is [N-]=[N+]=Nc1ccc(C(=O)OCCO)nc1. The highest BCUT2D eigenvalue weighted by atomic mass is 16.5. The molecule has 0 saturated heterocycles. The number of aromatic nitrogens is 1. The summed E-state index contributed by atoms with van der Waals surface area (Å²) in [4.78, 5) is 17.5. The second-order valence-electron chi connectivity index (χ2n) is 2.45. The van der Waals surface area contributed by atoms with Crippen LogP contribution in [0.25, 0.3) is 10.4 Å². The van der Waals surface area contributed by atoms with E-state index in [1.807, 2.05) is 0 Å². The fourth-order valence-electron chi connectivity index (χ4n) is 0.830. The van der Waals surface area contributed by atoms with Crippen LogP contribution in [0.15, 0.2) is 23.4 Å². The Hall–Kier alpha value is -2.11. The van der Waals surface area contributed by atoms with Gasteiger partial charge < -0.3 is 9.84 Å². The summed E-state index contributed by atoms with van der Waals surface area (Å²) in [6, 6.07) is 2.83. The van der Waals surface area contributed by atoms with Crippen LogP contribution in [0, 0.1) is 0 Å². The maximum atomic E-state index is 11.2. The lowest BCUT2D eigenvalue weighted by atomic mass is 10.3. The second kappa shape index (κ2) is 5.58. The number of hydrogen-bond acceptors (Lipinski definition) is 5. The van der Waals surface area contributed by atoms with Crippen molar-refractivity contribution in [2.24, 2.45) is 5.11 Å². The van der Waals surface area contributed by atoms with Crippen molar-refractivity contribution in [3.05, 3.63) is 34.5 Å². The van der Waals surface area contributed by atoms with Crippen molar-refractivity contribution in [1.82, 2.24) is 4.98 Å². The van der Waals surface area contributed by atoms with Gasteiger partial charge in [-0.25, -0.2) is 9.78 Å². The molecule has 0 aliphatic rings. The van der Waals surface area contributed by atoms with E-state index in [-0.39, 0.29) is 18.9 Å². The number of rotatable bonds is 4. The number of aliphatic hydroxyl groups excluding tert-OH is 1. The number of hydrogen-bond donors (Lipinski definition) is 1. The van der Waals surface area contributed by atoms with Gasteiger partial charge in [0.05, 0.1) is 12.3 Å². The zero-order chi connectivity index (χ0) is 11.1. The van der Waals surface area contributed by atoms with E-state index in [0.29, 0.717) is 5.69 Å². The predicted molar refractivity (Wildman–Crippen MR) is 50.4 cm³/mol. The third-order valence-corrected chi connectivity index (χ3v) is 1.44. The molecule has 1 aromatic rings. The first kappa shape index (κ1) is 11.0. The van der Waals surface area contributed by atoms with Crippen LogP contribution < -0.4 is 0 Å². The molecular weight excluding hydrogens is 200 g/mol. The van der Waals surface area contributed by atoms with Gasteiger partial charge in [0.15, 0.2) is 0 Å². The minimum absolute atomic E-state index is 0.0708. The van der Waals surface area contributed by atoms with Crippen LogP contribution in [-0.2, 0) is 4.74 Å². The molecule has 1 aromatic heterocycles. The minimum atomic E-state index is -0.628. The van der Waals surface area contributed by atoms with E-state index in [2.05, 4.69) is 19.7 Å². The van der Waals surface area contributed by atoms with E-state index in [4.69, 9.17) is 10.6 Å². The summed E-state index contributed by atoms with van der Waals surface area (Å²) in [5, 5.41) is 11.7. The highest BCUT2D eigenvalue weighted by Gasteiger charge is 2.07. The van der Waals surface area contributed by atoms with Crippen molar-refractivity contribution in [2.75, 3.05) is 13.2 Å². The average molecular weight is 208 g/mol. The van der Waals surface area contributed by atoms with Gasteiger partial charge in [-0.15, -0.1) is 0 Å². The summed E-state index contributed by atoms with van der Waals surface area (Å²) >= 11 is 0. The molecule has 7 heteroatoms. The molecule has 0 radical (unpaired) electrons. The van der Waals surface area contributed by atoms with Gasteiger partial charge in [-0.3, -0.25) is 0 Å². The van der Waals surface area contributed by atoms with Crippen molar-refractivity contribution in [3.63, 3.8) is 0 Å². The predicted octanol–water partition coefficient (Wildman–Crippen LogP) is 1.17. The van der Waals surface area contributed by atoms with Crippen molar-refractivity contribution >= 4 is 11.7 Å². The van der Waals surface area contributed by atoms with Crippen LogP contribution >= 0.6 is 0 Å². The molecule has 78 valence electrons. The topological polar surface area (TPSA) is 108 Å². The van der Waals surface area contributed by atoms with Gasteiger partial charge in [0, 0.05) is 11.1 Å². The molecule has 7 nitrogen and oxygen atoms in total. The molecule has 15 heavy (non-hydrogen) atoms. The van der Waals surface area contributed by atoms with E-state index >= 15 is 0 Å². The molecule has 0 spiro atoms. The van der Waals surface area contributed by atoms with E-state index < -0.39 is 5.97 Å². The molecule has 0 bridgehead atoms. The monoisotopic (exact) mass is 208 g/mol. The van der Waals surface area contributed by atoms with Crippen LogP contribution in [0.4, 0.5) is 5.69 Å². The minimum Gasteiger partial charge on any atom is -0.459 e. The summed E-state index contributed by atoms with van der Waals surface area (Å²) in [7, 11) is 0. The van der Waals surface area contributed by atoms with Gasteiger partial charge in [-0.2, -0.15) is 0 Å². The number of azide groups is 1. The Morgan fingerprint density at radius 1 is 1.67 bits per heavy atom. The first-order valence-electron chi connectivity index (χ1n) is 4.07. The fraction of sp³-hybridized carbons (Fsp3) is 0.250. The molecule has 1 heterocycles. The van der Waals surface area contributed by atoms with Gasteiger partial charge in [0.2, 0.25) is 0 Å². The number of aliphatic hydroxyl groups is 1. The smallest absolute Gasteiger partial charge is 0.356 e. The molecule has 0 amide bonds. The van der Waals surface area contributed by atoms with Crippen LogP contribution in [0.1, 0.15) is 10.5 Å². The average Bonchev–Trinajstić information content (AvgIpc) is 2.27. The zero-order valence-corrected chi connectivity index (χ0v) is 7.70. The van der Waals surface area contributed by atoms with E-state index in [1.165, 1.54) is 18.3 Å². The molecule has 0 atom stereocenters. The lowest BCUT2D eigenvalue weighted by Gasteiger charge is -2.01. The Morgan fingerprint density at radius 2 is 2.47 bits per heavy atom. The lowest BCUT2D eigenvalue weighted by molar-refractivity contribution is 0.0427. The quantitative estimate of drug-likeness (QED) is 0.346. The lowest BCUT2D eigenvalue weighted by Crippen LogP contribution is -2.09. The Labute approximate surface area is 84.9 Å². The van der Waals surface area contributed by atoms with Gasteiger partial charge in [0.25, 0.3) is 0 Å². The molecular formula is C8H8N4O3. The molecule has 0 fully saturated rings. The van der Waals surface area contributed by atoms with Gasteiger partial charge >= 0.3 is 5.97 Å². The van der Waals surface area contributed by atoms with Gasteiger partial charge in [0.1, 0.15) is 12.3 Å². The number of carbonyl (C=O) groups excluding carboxylic acids is 1. The Morgan fingerprint density at radius 3 is 3.00 bits per heavy atom. The highest BCUT2D eigenvalue weighted by Crippen LogP contribution is 2.10. The van der Waals surface area contributed by atoms with Crippen molar-refractivity contribution in [3.8, 4) is 0 Å². The first-order valence-corrected chi connectivity index (χ1v) is 4.07. The molecule has 1 N–H and O–H groups in total. The summed E-state index contributed by atoms with van der Waals surface area (Å²) in [6.45, 7) is -0.304. The van der Waals surface area contributed by atoms with Crippen LogP contribution in [0.3, 0.4) is 0 Å². The van der Waals surface area contributed by atoms with Gasteiger partial charge in [-0.05, 0) is 17.7 Å². The number of nitrogens with zero attached hydrogens (tertiary/aromatic N) is 4. The Balaban J connectivity index is 2.70. The summed E-state index contributed by atoms with van der Waals surface area (Å²) in [6.07, 6.45) is 1.26. The van der Waals surface area contributed by atoms with E-state index in [9.17, 15) is 4.79 Å². The summed E-state index contributed by atoms with van der Waals surface area (Å²) < 4.78 is 4.62.